The quantitative estimate of drug-likeness (QED) is 0.863. The van der Waals surface area contributed by atoms with E-state index in [1.54, 1.807) is 0 Å². The maximum absolute atomic E-state index is 6.23. The van der Waals surface area contributed by atoms with Crippen molar-refractivity contribution in [3.63, 3.8) is 0 Å². The Bertz CT molecular complexity index is 506. The fourth-order valence-corrected chi connectivity index (χ4v) is 2.05. The van der Waals surface area contributed by atoms with Crippen LogP contribution in [-0.2, 0) is 6.54 Å². The number of hydrogen-bond acceptors (Lipinski definition) is 3. The van der Waals surface area contributed by atoms with Crippen LogP contribution < -0.4 is 14.8 Å². The molecule has 19 heavy (non-hydrogen) atoms. The molecule has 1 aliphatic rings. The summed E-state index contributed by atoms with van der Waals surface area (Å²) in [6.45, 7) is 5.83. The zero-order valence-electron chi connectivity index (χ0n) is 11.3. The molecule has 102 valence electrons. The van der Waals surface area contributed by atoms with Crippen LogP contribution in [0.4, 0.5) is 0 Å². The first-order chi connectivity index (χ1) is 9.02. The molecule has 1 heterocycles. The van der Waals surface area contributed by atoms with Crippen LogP contribution in [0.1, 0.15) is 25.8 Å². The van der Waals surface area contributed by atoms with E-state index in [4.69, 9.17) is 27.5 Å². The van der Waals surface area contributed by atoms with Gasteiger partial charge in [0, 0.05) is 13.0 Å². The van der Waals surface area contributed by atoms with Crippen LogP contribution >= 0.6 is 11.6 Å². The summed E-state index contributed by atoms with van der Waals surface area (Å²) in [7, 11) is 0. The lowest BCUT2D eigenvalue weighted by Gasteiger charge is -2.20. The fraction of sp³-hybridized carbons (Fsp3) is 0.467. The van der Waals surface area contributed by atoms with Crippen molar-refractivity contribution in [1.82, 2.24) is 5.32 Å². The van der Waals surface area contributed by atoms with E-state index >= 15 is 0 Å². The number of halogens is 1. The number of terminal acetylenes is 1. The van der Waals surface area contributed by atoms with Crippen molar-refractivity contribution >= 4 is 11.6 Å². The highest BCUT2D eigenvalue weighted by Gasteiger charge is 2.17. The van der Waals surface area contributed by atoms with Gasteiger partial charge in [-0.2, -0.15) is 0 Å². The molecule has 1 aromatic carbocycles. The molecule has 0 aliphatic carbocycles. The Hall–Kier alpha value is -1.37. The molecule has 0 saturated heterocycles. The van der Waals surface area contributed by atoms with E-state index in [1.807, 2.05) is 26.0 Å². The molecule has 0 amide bonds. The van der Waals surface area contributed by atoms with Crippen LogP contribution in [0.25, 0.3) is 0 Å². The van der Waals surface area contributed by atoms with E-state index in [0.717, 1.165) is 12.0 Å². The van der Waals surface area contributed by atoms with Gasteiger partial charge < -0.3 is 9.47 Å². The molecule has 3 nitrogen and oxygen atoms in total. The molecule has 0 fully saturated rings. The van der Waals surface area contributed by atoms with Gasteiger partial charge in [0.2, 0.25) is 0 Å². The predicted octanol–water partition coefficient (Wildman–Crippen LogP) is 3.00. The number of benzene rings is 1. The van der Waals surface area contributed by atoms with Crippen molar-refractivity contribution in [2.75, 3.05) is 13.2 Å². The van der Waals surface area contributed by atoms with Gasteiger partial charge in [-0.25, -0.2) is 0 Å². The van der Waals surface area contributed by atoms with E-state index in [1.165, 1.54) is 0 Å². The van der Waals surface area contributed by atoms with E-state index in [-0.39, 0.29) is 5.54 Å². The molecule has 1 aliphatic heterocycles. The highest BCUT2D eigenvalue weighted by Crippen LogP contribution is 2.38. The first-order valence-electron chi connectivity index (χ1n) is 6.33. The Morgan fingerprint density at radius 2 is 2.11 bits per heavy atom. The monoisotopic (exact) mass is 279 g/mol. The summed E-state index contributed by atoms with van der Waals surface area (Å²) in [4.78, 5) is 0. The van der Waals surface area contributed by atoms with Crippen molar-refractivity contribution in [1.29, 1.82) is 0 Å². The van der Waals surface area contributed by atoms with Crippen LogP contribution in [0.3, 0.4) is 0 Å². The molecule has 0 unspecified atom stereocenters. The molecule has 4 heteroatoms. The first-order valence-corrected chi connectivity index (χ1v) is 6.70. The van der Waals surface area contributed by atoms with Crippen LogP contribution in [-0.4, -0.2) is 18.8 Å². The smallest absolute Gasteiger partial charge is 0.179 e. The maximum Gasteiger partial charge on any atom is 0.179 e. The molecule has 0 saturated carbocycles. The van der Waals surface area contributed by atoms with Crippen LogP contribution in [0.5, 0.6) is 11.5 Å². The highest BCUT2D eigenvalue weighted by molar-refractivity contribution is 6.32. The third-order valence-electron chi connectivity index (χ3n) is 2.96. The summed E-state index contributed by atoms with van der Waals surface area (Å²) in [6.07, 6.45) is 6.31. The van der Waals surface area contributed by atoms with Crippen molar-refractivity contribution < 1.29 is 9.47 Å². The first kappa shape index (κ1) is 14.0. The molecule has 0 radical (unpaired) electrons. The Balaban J connectivity index is 2.17. The average Bonchev–Trinajstić information content (AvgIpc) is 2.62. The molecular formula is C15H18ClNO2. The van der Waals surface area contributed by atoms with Crippen LogP contribution in [0.2, 0.25) is 5.02 Å². The largest absolute Gasteiger partial charge is 0.489 e. The Morgan fingerprint density at radius 3 is 2.84 bits per heavy atom. The second kappa shape index (κ2) is 5.73. The SMILES string of the molecule is C#CC(C)(C)NCc1cc(Cl)c2c(c1)OCCCO2. The number of fused-ring (bicyclic) bond motifs is 1. The van der Waals surface area contributed by atoms with Gasteiger partial charge >= 0.3 is 0 Å². The summed E-state index contributed by atoms with van der Waals surface area (Å²) in [5, 5.41) is 3.86. The Morgan fingerprint density at radius 1 is 1.37 bits per heavy atom. The van der Waals surface area contributed by atoms with Crippen molar-refractivity contribution in [3.05, 3.63) is 22.7 Å². The molecule has 2 rings (SSSR count). The summed E-state index contributed by atoms with van der Waals surface area (Å²) in [5.74, 6) is 4.05. The second-order valence-electron chi connectivity index (χ2n) is 5.08. The molecule has 0 aromatic heterocycles. The van der Waals surface area contributed by atoms with E-state index in [2.05, 4.69) is 11.2 Å². The zero-order valence-corrected chi connectivity index (χ0v) is 12.0. The fourth-order valence-electron chi connectivity index (χ4n) is 1.76. The molecule has 1 N–H and O–H groups in total. The van der Waals surface area contributed by atoms with E-state index in [0.29, 0.717) is 36.3 Å². The topological polar surface area (TPSA) is 30.5 Å². The maximum atomic E-state index is 6.23. The average molecular weight is 280 g/mol. The zero-order chi connectivity index (χ0) is 13.9. The predicted molar refractivity (Wildman–Crippen MR) is 76.8 cm³/mol. The van der Waals surface area contributed by atoms with Gasteiger partial charge in [-0.3, -0.25) is 5.32 Å². The van der Waals surface area contributed by atoms with E-state index < -0.39 is 0 Å². The number of nitrogens with one attached hydrogen (secondary N) is 1. The van der Waals surface area contributed by atoms with E-state index in [9.17, 15) is 0 Å². The van der Waals surface area contributed by atoms with Gasteiger partial charge in [0.1, 0.15) is 0 Å². The second-order valence-corrected chi connectivity index (χ2v) is 5.49. The highest BCUT2D eigenvalue weighted by atomic mass is 35.5. The summed E-state index contributed by atoms with van der Waals surface area (Å²) in [6, 6.07) is 3.83. The molecule has 1 aromatic rings. The number of rotatable bonds is 3. The third kappa shape index (κ3) is 3.56. The molecular weight excluding hydrogens is 262 g/mol. The molecule has 0 atom stereocenters. The lowest BCUT2D eigenvalue weighted by atomic mass is 10.1. The van der Waals surface area contributed by atoms with Crippen LogP contribution in [0.15, 0.2) is 12.1 Å². The van der Waals surface area contributed by atoms with Gasteiger partial charge in [0.05, 0.1) is 23.8 Å². The normalized spacial score (nSPS) is 14.6. The van der Waals surface area contributed by atoms with Crippen LogP contribution in [0, 0.1) is 12.3 Å². The molecule has 0 bridgehead atoms. The van der Waals surface area contributed by atoms with Gasteiger partial charge in [-0.05, 0) is 31.5 Å². The lowest BCUT2D eigenvalue weighted by molar-refractivity contribution is 0.297. The summed E-state index contributed by atoms with van der Waals surface area (Å²) < 4.78 is 11.2. The number of ether oxygens (including phenoxy) is 2. The standard InChI is InChI=1S/C15H18ClNO2/c1-4-15(2,3)17-10-11-8-12(16)14-13(9-11)18-6-5-7-19-14/h1,8-9,17H,5-7,10H2,2-3H3. The Labute approximate surface area is 119 Å². The van der Waals surface area contributed by atoms with Gasteiger partial charge in [0.25, 0.3) is 0 Å². The van der Waals surface area contributed by atoms with Gasteiger partial charge in [-0.15, -0.1) is 6.42 Å². The van der Waals surface area contributed by atoms with Crippen molar-refractivity contribution in [2.45, 2.75) is 32.4 Å². The summed E-state index contributed by atoms with van der Waals surface area (Å²) in [5.41, 5.74) is 0.675. The van der Waals surface area contributed by atoms with Crippen molar-refractivity contribution in [3.8, 4) is 23.8 Å². The Kier molecular flexibility index (Phi) is 4.24. The third-order valence-corrected chi connectivity index (χ3v) is 3.24. The lowest BCUT2D eigenvalue weighted by Crippen LogP contribution is -2.36. The minimum Gasteiger partial charge on any atom is -0.489 e. The van der Waals surface area contributed by atoms with Gasteiger partial charge in [-0.1, -0.05) is 17.5 Å². The number of hydrogen-bond donors (Lipinski definition) is 1. The minimum absolute atomic E-state index is 0.351. The van der Waals surface area contributed by atoms with Gasteiger partial charge in [0.15, 0.2) is 11.5 Å². The minimum atomic E-state index is -0.351. The summed E-state index contributed by atoms with van der Waals surface area (Å²) >= 11 is 6.23. The van der Waals surface area contributed by atoms with Crippen molar-refractivity contribution in [2.24, 2.45) is 0 Å². The molecule has 0 spiro atoms.